The van der Waals surface area contributed by atoms with Crippen LogP contribution >= 0.6 is 11.9 Å². The summed E-state index contributed by atoms with van der Waals surface area (Å²) in [6.45, 7) is 0.630. The molecule has 0 fully saturated rings. The summed E-state index contributed by atoms with van der Waals surface area (Å²) in [6, 6.07) is 0. The topological polar surface area (TPSA) is 41.6 Å². The van der Waals surface area contributed by atoms with Crippen molar-refractivity contribution >= 4 is 18.2 Å². The molecule has 1 aliphatic heterocycles. The lowest BCUT2D eigenvalue weighted by Gasteiger charge is -2.13. The summed E-state index contributed by atoms with van der Waals surface area (Å²) in [7, 11) is 0. The van der Waals surface area contributed by atoms with Crippen molar-refractivity contribution in [3.05, 3.63) is 0 Å². The van der Waals surface area contributed by atoms with Crippen LogP contribution in [-0.4, -0.2) is 23.1 Å². The van der Waals surface area contributed by atoms with Crippen LogP contribution in [0.5, 0.6) is 0 Å². The van der Waals surface area contributed by atoms with Gasteiger partial charge in [0.25, 0.3) is 0 Å². The van der Waals surface area contributed by atoms with E-state index in [1.165, 1.54) is 0 Å². The highest BCUT2D eigenvalue weighted by Crippen LogP contribution is 2.04. The fraction of sp³-hybridized carbons (Fsp3) is 0.667. The number of nitrogens with two attached hydrogens (primary N) is 1. The summed E-state index contributed by atoms with van der Waals surface area (Å²) in [6.07, 6.45) is 1.87. The van der Waals surface area contributed by atoms with Gasteiger partial charge in [0.2, 0.25) is 0 Å². The zero-order chi connectivity index (χ0) is 5.11. The molecule has 3 nitrogen and oxygen atoms in total. The van der Waals surface area contributed by atoms with Crippen molar-refractivity contribution in [1.29, 1.82) is 0 Å². The standard InChI is InChI=1S/C3H7N3S/c4-6-3-5-1-2-7-6/h1H,2-4H2. The summed E-state index contributed by atoms with van der Waals surface area (Å²) in [5.74, 6) is 6.23. The largest absolute Gasteiger partial charge is 0.279 e. The third-order valence-corrected chi connectivity index (χ3v) is 1.41. The van der Waals surface area contributed by atoms with E-state index in [1.807, 2.05) is 6.21 Å². The third kappa shape index (κ3) is 1.46. The number of rotatable bonds is 0. The van der Waals surface area contributed by atoms with Crippen LogP contribution in [0.2, 0.25) is 0 Å². The highest BCUT2D eigenvalue weighted by atomic mass is 32.2. The van der Waals surface area contributed by atoms with Gasteiger partial charge in [-0.2, -0.15) is 4.41 Å². The highest BCUT2D eigenvalue weighted by molar-refractivity contribution is 7.97. The monoisotopic (exact) mass is 117 g/mol. The van der Waals surface area contributed by atoms with Crippen LogP contribution in [0, 0.1) is 0 Å². The van der Waals surface area contributed by atoms with Crippen LogP contribution in [0.25, 0.3) is 0 Å². The maximum Gasteiger partial charge on any atom is 0.114 e. The first-order chi connectivity index (χ1) is 3.39. The minimum absolute atomic E-state index is 0.630. The second kappa shape index (κ2) is 2.30. The second-order valence-electron chi connectivity index (χ2n) is 1.22. The number of hydrogen-bond donors (Lipinski definition) is 1. The van der Waals surface area contributed by atoms with Gasteiger partial charge in [-0.15, -0.1) is 0 Å². The quantitative estimate of drug-likeness (QED) is 0.354. The average Bonchev–Trinajstić information content (AvgIpc) is 1.69. The molecule has 0 saturated carbocycles. The normalized spacial score (nSPS) is 23.0. The minimum Gasteiger partial charge on any atom is -0.279 e. The highest BCUT2D eigenvalue weighted by Gasteiger charge is 1.98. The fourth-order valence-corrected chi connectivity index (χ4v) is 0.873. The van der Waals surface area contributed by atoms with Gasteiger partial charge in [-0.25, -0.2) is 0 Å². The zero-order valence-electron chi connectivity index (χ0n) is 3.87. The number of nitrogens with zero attached hydrogens (tertiary/aromatic N) is 2. The van der Waals surface area contributed by atoms with E-state index < -0.39 is 0 Å². The first-order valence-electron chi connectivity index (χ1n) is 2.03. The lowest BCUT2D eigenvalue weighted by atomic mass is 10.8. The molecule has 2 N–H and O–H groups in total. The van der Waals surface area contributed by atoms with Gasteiger partial charge >= 0.3 is 0 Å². The van der Waals surface area contributed by atoms with Crippen molar-refractivity contribution in [1.82, 2.24) is 4.41 Å². The first kappa shape index (κ1) is 5.08. The van der Waals surface area contributed by atoms with Gasteiger partial charge in [0.15, 0.2) is 0 Å². The number of hydrazine groups is 1. The maximum atomic E-state index is 5.32. The fourth-order valence-electron chi connectivity index (χ4n) is 0.361. The molecule has 0 radical (unpaired) electrons. The van der Waals surface area contributed by atoms with Gasteiger partial charge in [0, 0.05) is 12.0 Å². The van der Waals surface area contributed by atoms with Crippen molar-refractivity contribution in [3.8, 4) is 0 Å². The van der Waals surface area contributed by atoms with Gasteiger partial charge in [0.05, 0.1) is 0 Å². The van der Waals surface area contributed by atoms with Crippen molar-refractivity contribution in [2.75, 3.05) is 12.4 Å². The smallest absolute Gasteiger partial charge is 0.114 e. The first-order valence-corrected chi connectivity index (χ1v) is 2.97. The van der Waals surface area contributed by atoms with Crippen LogP contribution in [-0.2, 0) is 0 Å². The van der Waals surface area contributed by atoms with E-state index in [1.54, 1.807) is 16.4 Å². The summed E-state index contributed by atoms with van der Waals surface area (Å²) in [5, 5.41) is 0. The van der Waals surface area contributed by atoms with Crippen molar-refractivity contribution in [2.24, 2.45) is 10.8 Å². The lowest BCUT2D eigenvalue weighted by molar-refractivity contribution is 0.514. The van der Waals surface area contributed by atoms with E-state index in [9.17, 15) is 0 Å². The summed E-state index contributed by atoms with van der Waals surface area (Å²) < 4.78 is 1.61. The molecule has 4 heteroatoms. The zero-order valence-corrected chi connectivity index (χ0v) is 4.69. The van der Waals surface area contributed by atoms with E-state index in [0.717, 1.165) is 5.75 Å². The second-order valence-corrected chi connectivity index (χ2v) is 2.28. The molecule has 7 heavy (non-hydrogen) atoms. The molecular weight excluding hydrogens is 110 g/mol. The van der Waals surface area contributed by atoms with Crippen LogP contribution < -0.4 is 5.84 Å². The van der Waals surface area contributed by atoms with Crippen molar-refractivity contribution < 1.29 is 0 Å². The Kier molecular flexibility index (Phi) is 1.67. The Balaban J connectivity index is 2.32. The van der Waals surface area contributed by atoms with Gasteiger partial charge in [-0.1, -0.05) is 11.9 Å². The van der Waals surface area contributed by atoms with E-state index in [0.29, 0.717) is 6.67 Å². The Morgan fingerprint density at radius 3 is 3.00 bits per heavy atom. The maximum absolute atomic E-state index is 5.32. The minimum atomic E-state index is 0.630. The third-order valence-electron chi connectivity index (χ3n) is 0.665. The molecule has 1 aliphatic rings. The molecule has 40 valence electrons. The van der Waals surface area contributed by atoms with Gasteiger partial charge < -0.3 is 0 Å². The predicted octanol–water partition coefficient (Wildman–Crippen LogP) is -0.148. The Bertz CT molecular complexity index is 82.2. The van der Waals surface area contributed by atoms with Gasteiger partial charge in [-0.3, -0.25) is 10.8 Å². The SMILES string of the molecule is NN1CN=CCS1. The Labute approximate surface area is 46.7 Å². The van der Waals surface area contributed by atoms with E-state index in [4.69, 9.17) is 5.84 Å². The van der Waals surface area contributed by atoms with E-state index in [-0.39, 0.29) is 0 Å². The van der Waals surface area contributed by atoms with E-state index >= 15 is 0 Å². The van der Waals surface area contributed by atoms with Crippen molar-refractivity contribution in [3.63, 3.8) is 0 Å². The molecule has 0 aromatic carbocycles. The summed E-state index contributed by atoms with van der Waals surface area (Å²) in [4.78, 5) is 3.91. The van der Waals surface area contributed by atoms with Crippen LogP contribution in [0.1, 0.15) is 0 Å². The average molecular weight is 117 g/mol. The number of hydrogen-bond acceptors (Lipinski definition) is 4. The molecule has 0 aromatic rings. The molecular formula is C3H7N3S. The number of aliphatic imine (C=N–C) groups is 1. The summed E-state index contributed by atoms with van der Waals surface area (Å²) >= 11 is 1.58. The van der Waals surface area contributed by atoms with Crippen LogP contribution in [0.4, 0.5) is 0 Å². The van der Waals surface area contributed by atoms with Crippen molar-refractivity contribution in [2.45, 2.75) is 0 Å². The molecule has 0 amide bonds. The van der Waals surface area contributed by atoms with Crippen LogP contribution in [0.15, 0.2) is 4.99 Å². The molecule has 1 heterocycles. The Morgan fingerprint density at radius 1 is 1.86 bits per heavy atom. The Hall–Kier alpha value is -0.0600. The van der Waals surface area contributed by atoms with Gasteiger partial charge in [-0.05, 0) is 0 Å². The molecule has 0 aromatic heterocycles. The molecule has 0 aliphatic carbocycles. The molecule has 0 unspecified atom stereocenters. The Morgan fingerprint density at radius 2 is 2.71 bits per heavy atom. The van der Waals surface area contributed by atoms with Gasteiger partial charge in [0.1, 0.15) is 6.67 Å². The molecule has 1 rings (SSSR count). The molecule has 0 saturated heterocycles. The summed E-state index contributed by atoms with van der Waals surface area (Å²) in [5.41, 5.74) is 0. The predicted molar refractivity (Wildman–Crippen MR) is 31.8 cm³/mol. The molecule has 0 bridgehead atoms. The molecule has 0 atom stereocenters. The van der Waals surface area contributed by atoms with E-state index in [2.05, 4.69) is 4.99 Å². The molecule has 0 spiro atoms. The lowest BCUT2D eigenvalue weighted by Crippen LogP contribution is -2.26. The van der Waals surface area contributed by atoms with Crippen LogP contribution in [0.3, 0.4) is 0 Å².